The normalized spacial score (nSPS) is 15.0. The Labute approximate surface area is 306 Å². The highest BCUT2D eigenvalue weighted by Gasteiger charge is 2.39. The summed E-state index contributed by atoms with van der Waals surface area (Å²) in [4.78, 5) is 16.7. The first kappa shape index (κ1) is 36.1. The molecule has 1 aliphatic rings. The molecule has 0 unspecified atom stereocenters. The smallest absolute Gasteiger partial charge is 0.418 e. The maximum absolute atomic E-state index is 17.2. The van der Waals surface area contributed by atoms with Crippen LogP contribution in [0.3, 0.4) is 0 Å². The number of nitrogens with one attached hydrogen (secondary N) is 1. The molecule has 16 heteroatoms. The molecule has 0 aliphatic carbocycles. The third-order valence-electron chi connectivity index (χ3n) is 9.27. The quantitative estimate of drug-likeness (QED) is 0.111. The molecule has 0 saturated carbocycles. The lowest BCUT2D eigenvalue weighted by atomic mass is 9.95. The zero-order chi connectivity index (χ0) is 37.4. The van der Waals surface area contributed by atoms with E-state index < -0.39 is 34.9 Å². The second-order valence-corrected chi connectivity index (χ2v) is 12.9. The Bertz CT molecular complexity index is 2220. The van der Waals surface area contributed by atoms with Crippen molar-refractivity contribution in [1.82, 2.24) is 25.1 Å². The summed E-state index contributed by atoms with van der Waals surface area (Å²) >= 11 is 6.36. The molecule has 0 bridgehead atoms. The average molecular weight is 752 g/mol. The van der Waals surface area contributed by atoms with Crippen LogP contribution in [-0.2, 0) is 24.0 Å². The summed E-state index contributed by atoms with van der Waals surface area (Å²) in [6.07, 6.45) is -3.67. The number of hydrogen-bond acceptors (Lipinski definition) is 10. The van der Waals surface area contributed by atoms with Crippen molar-refractivity contribution in [2.75, 3.05) is 50.4 Å². The summed E-state index contributed by atoms with van der Waals surface area (Å²) in [5.41, 5.74) is -0.848. The number of aromatic amines is 1. The Balaban J connectivity index is 1.45. The van der Waals surface area contributed by atoms with Crippen LogP contribution in [0.5, 0.6) is 11.5 Å². The van der Waals surface area contributed by atoms with E-state index in [0.717, 1.165) is 11.1 Å². The van der Waals surface area contributed by atoms with E-state index in [-0.39, 0.29) is 77.1 Å². The fourth-order valence-corrected chi connectivity index (χ4v) is 6.88. The molecule has 4 heterocycles. The monoisotopic (exact) mass is 751 g/mol. The number of aromatic nitrogens is 5. The van der Waals surface area contributed by atoms with Crippen molar-refractivity contribution in [3.63, 3.8) is 0 Å². The molecule has 3 aromatic carbocycles. The molecule has 0 spiro atoms. The molecule has 7 rings (SSSR count). The van der Waals surface area contributed by atoms with Gasteiger partial charge in [0.05, 0.1) is 68.4 Å². The third-order valence-corrected chi connectivity index (χ3v) is 9.44. The predicted octanol–water partition coefficient (Wildman–Crippen LogP) is 7.11. The maximum Gasteiger partial charge on any atom is 0.418 e. The van der Waals surface area contributed by atoms with Crippen molar-refractivity contribution in [2.24, 2.45) is 0 Å². The van der Waals surface area contributed by atoms with Gasteiger partial charge in [0.1, 0.15) is 28.7 Å². The van der Waals surface area contributed by atoms with E-state index in [4.69, 9.17) is 25.8 Å². The van der Waals surface area contributed by atoms with Gasteiger partial charge in [0, 0.05) is 30.6 Å². The SMILES string of the molecule is COc1ccc(CN(Cc2ccc(OC)cc2)c2cc(C)c(C(F)(F)F)c(-c3c(F)c4nc(Cl)nc(N5CCOC[C@H]5CO)c4c4[nH]ncc34)n2)cc1. The predicted molar refractivity (Wildman–Crippen MR) is 192 cm³/mol. The van der Waals surface area contributed by atoms with Gasteiger partial charge in [-0.3, -0.25) is 5.10 Å². The van der Waals surface area contributed by atoms with Crippen molar-refractivity contribution in [2.45, 2.75) is 32.2 Å². The van der Waals surface area contributed by atoms with Gasteiger partial charge in [0.2, 0.25) is 5.28 Å². The molecule has 6 aromatic rings. The number of alkyl halides is 3. The van der Waals surface area contributed by atoms with E-state index in [1.54, 1.807) is 43.4 Å². The van der Waals surface area contributed by atoms with Gasteiger partial charge < -0.3 is 29.1 Å². The van der Waals surface area contributed by atoms with E-state index in [0.29, 0.717) is 18.1 Å². The number of rotatable bonds is 10. The maximum atomic E-state index is 17.2. The number of fused-ring (bicyclic) bond motifs is 3. The van der Waals surface area contributed by atoms with Crippen LogP contribution in [0.1, 0.15) is 22.3 Å². The summed E-state index contributed by atoms with van der Waals surface area (Å²) < 4.78 is 78.6. The molecule has 1 atom stereocenters. The lowest BCUT2D eigenvalue weighted by Gasteiger charge is -2.36. The number of morpholine rings is 1. The fraction of sp³-hybridized carbons (Fsp3) is 0.297. The Hall–Kier alpha value is -5.25. The number of aliphatic hydroxyl groups is 1. The van der Waals surface area contributed by atoms with Gasteiger partial charge in [-0.25, -0.2) is 14.4 Å². The van der Waals surface area contributed by atoms with E-state index >= 15 is 17.6 Å². The number of H-pyrrole nitrogens is 1. The first-order valence-corrected chi connectivity index (χ1v) is 17.0. The number of aryl methyl sites for hydroxylation is 1. The molecule has 0 amide bonds. The van der Waals surface area contributed by atoms with Gasteiger partial charge >= 0.3 is 6.18 Å². The lowest BCUT2D eigenvalue weighted by Crippen LogP contribution is -2.48. The lowest BCUT2D eigenvalue weighted by molar-refractivity contribution is -0.137. The number of aliphatic hydroxyl groups excluding tert-OH is 1. The molecule has 1 aliphatic heterocycles. The summed E-state index contributed by atoms with van der Waals surface area (Å²) in [5.74, 6) is 0.559. The molecular formula is C37H34ClF4N7O4. The molecule has 1 saturated heterocycles. The number of ether oxygens (including phenoxy) is 3. The minimum atomic E-state index is -4.92. The summed E-state index contributed by atoms with van der Waals surface area (Å²) in [5, 5.41) is 16.9. The first-order chi connectivity index (χ1) is 25.5. The summed E-state index contributed by atoms with van der Waals surface area (Å²) in [6, 6.07) is 15.4. The highest BCUT2D eigenvalue weighted by atomic mass is 35.5. The second kappa shape index (κ2) is 14.6. The van der Waals surface area contributed by atoms with Crippen molar-refractivity contribution < 1.29 is 36.9 Å². The molecule has 3 aromatic heterocycles. The molecule has 11 nitrogen and oxygen atoms in total. The van der Waals surface area contributed by atoms with Crippen LogP contribution in [0.25, 0.3) is 33.1 Å². The van der Waals surface area contributed by atoms with Gasteiger partial charge in [0.25, 0.3) is 0 Å². The molecule has 53 heavy (non-hydrogen) atoms. The van der Waals surface area contributed by atoms with Gasteiger partial charge in [-0.1, -0.05) is 24.3 Å². The average Bonchev–Trinajstić information content (AvgIpc) is 3.63. The minimum absolute atomic E-state index is 0.0300. The number of nitrogens with zero attached hydrogens (tertiary/aromatic N) is 6. The number of halogens is 5. The summed E-state index contributed by atoms with van der Waals surface area (Å²) in [6.45, 7) is 2.25. The van der Waals surface area contributed by atoms with Crippen molar-refractivity contribution >= 4 is 45.0 Å². The molecule has 276 valence electrons. The fourth-order valence-electron chi connectivity index (χ4n) is 6.72. The molecule has 2 N–H and O–H groups in total. The number of pyridine rings is 1. The van der Waals surface area contributed by atoms with Crippen LogP contribution < -0.4 is 19.3 Å². The van der Waals surface area contributed by atoms with Crippen molar-refractivity contribution in [3.05, 3.63) is 94.1 Å². The van der Waals surface area contributed by atoms with E-state index in [1.807, 2.05) is 29.2 Å². The Morgan fingerprint density at radius 2 is 1.64 bits per heavy atom. The number of benzene rings is 3. The number of anilines is 2. The van der Waals surface area contributed by atoms with Crippen LogP contribution >= 0.6 is 11.6 Å². The molecular weight excluding hydrogens is 718 g/mol. The van der Waals surface area contributed by atoms with Crippen molar-refractivity contribution in [1.29, 1.82) is 0 Å². The highest BCUT2D eigenvalue weighted by Crippen LogP contribution is 2.46. The van der Waals surface area contributed by atoms with Crippen LogP contribution in [0, 0.1) is 12.7 Å². The van der Waals surface area contributed by atoms with Crippen LogP contribution in [0.15, 0.2) is 60.8 Å². The topological polar surface area (TPSA) is 122 Å². The largest absolute Gasteiger partial charge is 0.497 e. The second-order valence-electron chi connectivity index (χ2n) is 12.6. The van der Waals surface area contributed by atoms with E-state index in [9.17, 15) is 5.11 Å². The summed E-state index contributed by atoms with van der Waals surface area (Å²) in [7, 11) is 3.11. The highest BCUT2D eigenvalue weighted by molar-refractivity contribution is 6.29. The first-order valence-electron chi connectivity index (χ1n) is 16.6. The molecule has 1 fully saturated rings. The van der Waals surface area contributed by atoms with Crippen LogP contribution in [0.4, 0.5) is 29.2 Å². The Morgan fingerprint density at radius 3 is 2.23 bits per heavy atom. The Morgan fingerprint density at radius 1 is 1.00 bits per heavy atom. The number of methoxy groups -OCH3 is 2. The zero-order valence-corrected chi connectivity index (χ0v) is 29.6. The standard InChI is InChI=1S/C37H34ClF4N7O4/c1-20-14-27(48(16-21-4-8-24(51-2)9-5-21)17-22-6-10-25(52-3)11-7-22)44-33(30(20)37(40,41)42)28-26-15-43-47-32(26)29-34(31(28)39)45-36(38)46-35(29)49-12-13-53-19-23(49)18-50/h4-11,14-15,23,50H,12-13,16-19H2,1-3H3,(H,43,47)/t23-/m1/s1. The van der Waals surface area contributed by atoms with Gasteiger partial charge in [-0.15, -0.1) is 0 Å². The third kappa shape index (κ3) is 6.99. The van der Waals surface area contributed by atoms with Gasteiger partial charge in [-0.2, -0.15) is 23.3 Å². The van der Waals surface area contributed by atoms with Gasteiger partial charge in [-0.05, 0) is 65.5 Å². The van der Waals surface area contributed by atoms with Crippen molar-refractivity contribution in [3.8, 4) is 22.8 Å². The minimum Gasteiger partial charge on any atom is -0.497 e. The van der Waals surface area contributed by atoms with Crippen LogP contribution in [0.2, 0.25) is 5.28 Å². The zero-order valence-electron chi connectivity index (χ0n) is 28.8. The Kier molecular flexibility index (Phi) is 9.98. The van der Waals surface area contributed by atoms with Gasteiger partial charge in [0.15, 0.2) is 5.82 Å². The van der Waals surface area contributed by atoms with E-state index in [1.165, 1.54) is 19.2 Å². The molecule has 0 radical (unpaired) electrons. The van der Waals surface area contributed by atoms with E-state index in [2.05, 4.69) is 25.1 Å². The number of hydrogen-bond donors (Lipinski definition) is 2. The van der Waals surface area contributed by atoms with Crippen LogP contribution in [-0.4, -0.2) is 76.9 Å².